The molecule has 3 rings (SSSR count). The van der Waals surface area contributed by atoms with Crippen molar-refractivity contribution in [2.24, 2.45) is 0 Å². The highest BCUT2D eigenvalue weighted by Crippen LogP contribution is 2.36. The number of aromatic amines is 1. The van der Waals surface area contributed by atoms with Crippen molar-refractivity contribution in [2.75, 3.05) is 14.2 Å². The van der Waals surface area contributed by atoms with E-state index in [9.17, 15) is 9.90 Å². The van der Waals surface area contributed by atoms with Gasteiger partial charge in [0.25, 0.3) is 5.91 Å². The molecule has 0 radical (unpaired) electrons. The van der Waals surface area contributed by atoms with Crippen LogP contribution in [0.5, 0.6) is 5.75 Å². The summed E-state index contributed by atoms with van der Waals surface area (Å²) in [6.45, 7) is 3.53. The number of benzene rings is 1. The maximum absolute atomic E-state index is 12.8. The first-order valence-electron chi connectivity index (χ1n) is 8.57. The van der Waals surface area contributed by atoms with Gasteiger partial charge in [-0.05, 0) is 38.1 Å². The molecule has 8 heteroatoms. The van der Waals surface area contributed by atoms with Gasteiger partial charge < -0.3 is 10.1 Å². The smallest absolute Gasteiger partial charge is 0.259 e. The molecule has 2 heterocycles. The van der Waals surface area contributed by atoms with E-state index in [2.05, 4.69) is 9.97 Å². The topological polar surface area (TPSA) is 91.3 Å². The molecule has 0 atom stereocenters. The Balaban J connectivity index is 2.18. The van der Waals surface area contributed by atoms with Gasteiger partial charge >= 0.3 is 0 Å². The molecule has 146 valence electrons. The fourth-order valence-corrected chi connectivity index (χ4v) is 2.96. The summed E-state index contributed by atoms with van der Waals surface area (Å²) in [5.41, 5.74) is 1.84. The summed E-state index contributed by atoms with van der Waals surface area (Å²) >= 11 is 5.94. The SMILES string of the molecule is CON(C)C(=O)C(C)(C)c1nc(-c2ccc(Cl)c(O)c2)c(-c2ccncc2)[nH]1. The largest absolute Gasteiger partial charge is 0.506 e. The molecule has 0 bridgehead atoms. The molecule has 1 aromatic carbocycles. The summed E-state index contributed by atoms with van der Waals surface area (Å²) in [5.74, 6) is 0.173. The monoisotopic (exact) mass is 400 g/mol. The van der Waals surface area contributed by atoms with Crippen LogP contribution in [0.4, 0.5) is 0 Å². The number of rotatable bonds is 5. The second-order valence-corrected chi connectivity index (χ2v) is 7.23. The zero-order chi connectivity index (χ0) is 20.5. The number of nitrogens with one attached hydrogen (secondary N) is 1. The third-order valence-corrected chi connectivity index (χ3v) is 4.90. The van der Waals surface area contributed by atoms with E-state index in [-0.39, 0.29) is 16.7 Å². The fraction of sp³-hybridized carbons (Fsp3) is 0.250. The van der Waals surface area contributed by atoms with E-state index in [0.717, 1.165) is 5.56 Å². The van der Waals surface area contributed by atoms with Gasteiger partial charge in [0.1, 0.15) is 17.0 Å². The summed E-state index contributed by atoms with van der Waals surface area (Å²) in [4.78, 5) is 29.8. The van der Waals surface area contributed by atoms with Gasteiger partial charge in [0.15, 0.2) is 0 Å². The number of halogens is 1. The first kappa shape index (κ1) is 19.9. The van der Waals surface area contributed by atoms with Crippen molar-refractivity contribution in [2.45, 2.75) is 19.3 Å². The van der Waals surface area contributed by atoms with Gasteiger partial charge in [0.05, 0.1) is 23.5 Å². The molecule has 0 spiro atoms. The molecule has 0 unspecified atom stereocenters. The summed E-state index contributed by atoms with van der Waals surface area (Å²) in [5, 5.41) is 11.4. The standard InChI is InChI=1S/C20H21ClN4O3/c1-20(2,19(27)25(3)28-4)18-23-16(12-7-9-22-10-8-12)17(24-18)13-5-6-14(21)15(26)11-13/h5-11,26H,1-4H3,(H,23,24). The van der Waals surface area contributed by atoms with Crippen molar-refractivity contribution in [3.05, 3.63) is 53.6 Å². The van der Waals surface area contributed by atoms with Gasteiger partial charge in [0.2, 0.25) is 0 Å². The Bertz CT molecular complexity index is 1000. The van der Waals surface area contributed by atoms with Crippen LogP contribution in [-0.2, 0) is 15.0 Å². The number of aromatic nitrogens is 3. The molecule has 0 saturated carbocycles. The average Bonchev–Trinajstić information content (AvgIpc) is 3.15. The molecule has 2 aromatic heterocycles. The number of carbonyl (C=O) groups is 1. The molecular weight excluding hydrogens is 380 g/mol. The van der Waals surface area contributed by atoms with Crippen molar-refractivity contribution in [3.8, 4) is 28.3 Å². The Morgan fingerprint density at radius 2 is 1.89 bits per heavy atom. The van der Waals surface area contributed by atoms with Crippen molar-refractivity contribution in [1.29, 1.82) is 0 Å². The highest BCUT2D eigenvalue weighted by Gasteiger charge is 2.37. The lowest BCUT2D eigenvalue weighted by Crippen LogP contribution is -2.41. The van der Waals surface area contributed by atoms with E-state index >= 15 is 0 Å². The van der Waals surface area contributed by atoms with Gasteiger partial charge in [-0.25, -0.2) is 10.0 Å². The third kappa shape index (κ3) is 3.58. The number of aromatic hydroxyl groups is 1. The molecule has 0 aliphatic carbocycles. The highest BCUT2D eigenvalue weighted by molar-refractivity contribution is 6.32. The number of hydrogen-bond donors (Lipinski definition) is 2. The van der Waals surface area contributed by atoms with Gasteiger partial charge in [-0.3, -0.25) is 14.6 Å². The predicted molar refractivity (Wildman–Crippen MR) is 107 cm³/mol. The van der Waals surface area contributed by atoms with Crippen LogP contribution in [0.15, 0.2) is 42.7 Å². The maximum atomic E-state index is 12.8. The number of hydrogen-bond acceptors (Lipinski definition) is 5. The number of hydroxylamine groups is 2. The fourth-order valence-electron chi connectivity index (χ4n) is 2.84. The Morgan fingerprint density at radius 1 is 1.21 bits per heavy atom. The van der Waals surface area contributed by atoms with E-state index < -0.39 is 5.41 Å². The molecule has 0 aliphatic heterocycles. The molecule has 28 heavy (non-hydrogen) atoms. The second-order valence-electron chi connectivity index (χ2n) is 6.82. The lowest BCUT2D eigenvalue weighted by atomic mass is 9.91. The number of likely N-dealkylation sites (N-methyl/N-ethyl adjacent to an activating group) is 1. The van der Waals surface area contributed by atoms with E-state index in [1.165, 1.54) is 12.2 Å². The first-order valence-corrected chi connectivity index (χ1v) is 8.95. The van der Waals surface area contributed by atoms with E-state index in [1.54, 1.807) is 51.5 Å². The molecule has 0 fully saturated rings. The van der Waals surface area contributed by atoms with Gasteiger partial charge in [-0.15, -0.1) is 0 Å². The normalized spacial score (nSPS) is 11.5. The summed E-state index contributed by atoms with van der Waals surface area (Å²) in [6.07, 6.45) is 3.35. The second kappa shape index (κ2) is 7.61. The van der Waals surface area contributed by atoms with E-state index in [1.807, 2.05) is 12.1 Å². The Morgan fingerprint density at radius 3 is 2.50 bits per heavy atom. The van der Waals surface area contributed by atoms with E-state index in [0.29, 0.717) is 22.8 Å². The van der Waals surface area contributed by atoms with Crippen molar-refractivity contribution in [1.82, 2.24) is 20.0 Å². The number of amides is 1. The minimum absolute atomic E-state index is 0.0427. The first-order chi connectivity index (χ1) is 13.3. The van der Waals surface area contributed by atoms with Crippen LogP contribution in [0, 0.1) is 0 Å². The molecule has 2 N–H and O–H groups in total. The van der Waals surface area contributed by atoms with Crippen LogP contribution in [0.2, 0.25) is 5.02 Å². The Labute approximate surface area is 167 Å². The molecular formula is C20H21ClN4O3. The summed E-state index contributed by atoms with van der Waals surface area (Å²) in [7, 11) is 2.98. The molecule has 3 aromatic rings. The number of carbonyl (C=O) groups excluding carboxylic acids is 1. The van der Waals surface area contributed by atoms with Crippen LogP contribution in [0.1, 0.15) is 19.7 Å². The minimum atomic E-state index is -0.973. The predicted octanol–water partition coefficient (Wildman–Crippen LogP) is 3.80. The van der Waals surface area contributed by atoms with E-state index in [4.69, 9.17) is 21.4 Å². The lowest BCUT2D eigenvalue weighted by Gasteiger charge is -2.25. The third-order valence-electron chi connectivity index (χ3n) is 4.58. The maximum Gasteiger partial charge on any atom is 0.259 e. The van der Waals surface area contributed by atoms with Crippen molar-refractivity contribution < 1.29 is 14.7 Å². The Kier molecular flexibility index (Phi) is 5.40. The quantitative estimate of drug-likeness (QED) is 0.635. The van der Waals surface area contributed by atoms with Crippen LogP contribution in [0.3, 0.4) is 0 Å². The zero-order valence-electron chi connectivity index (χ0n) is 16.0. The molecule has 0 aliphatic rings. The van der Waals surface area contributed by atoms with Crippen molar-refractivity contribution >= 4 is 17.5 Å². The van der Waals surface area contributed by atoms with Crippen LogP contribution in [0.25, 0.3) is 22.5 Å². The van der Waals surface area contributed by atoms with Gasteiger partial charge in [-0.2, -0.15) is 0 Å². The summed E-state index contributed by atoms with van der Waals surface area (Å²) in [6, 6.07) is 8.59. The number of H-pyrrole nitrogens is 1. The molecule has 0 saturated heterocycles. The Hall–Kier alpha value is -2.90. The zero-order valence-corrected chi connectivity index (χ0v) is 16.8. The van der Waals surface area contributed by atoms with Gasteiger partial charge in [0, 0.05) is 30.6 Å². The summed E-state index contributed by atoms with van der Waals surface area (Å²) < 4.78 is 0. The van der Waals surface area contributed by atoms with Crippen molar-refractivity contribution in [3.63, 3.8) is 0 Å². The number of nitrogens with zero attached hydrogens (tertiary/aromatic N) is 3. The van der Waals surface area contributed by atoms with Crippen LogP contribution < -0.4 is 0 Å². The number of phenols is 1. The van der Waals surface area contributed by atoms with Crippen LogP contribution >= 0.6 is 11.6 Å². The minimum Gasteiger partial charge on any atom is -0.506 e. The lowest BCUT2D eigenvalue weighted by molar-refractivity contribution is -0.174. The van der Waals surface area contributed by atoms with Gasteiger partial charge in [-0.1, -0.05) is 17.7 Å². The molecule has 1 amide bonds. The number of pyridine rings is 1. The number of phenolic OH excluding ortho intramolecular Hbond substituents is 1. The average molecular weight is 401 g/mol. The molecule has 7 nitrogen and oxygen atoms in total. The van der Waals surface area contributed by atoms with Crippen LogP contribution in [-0.4, -0.2) is 45.2 Å². The highest BCUT2D eigenvalue weighted by atomic mass is 35.5. The number of imidazole rings is 1.